The summed E-state index contributed by atoms with van der Waals surface area (Å²) in [5.41, 5.74) is -0.593. The number of aliphatic hydroxyl groups excluding tert-OH is 13. The molecule has 5 heterocycles. The lowest BCUT2D eigenvalue weighted by Gasteiger charge is -2.47. The maximum absolute atomic E-state index is 14.2. The summed E-state index contributed by atoms with van der Waals surface area (Å²) in [5, 5.41) is 168. The largest absolute Gasteiger partial charge is 0.458 e. The number of Topliss-reactive ketones (excluding diaryl/α,β-unsaturated/α-hetero) is 2. The third-order valence-electron chi connectivity index (χ3n) is 23.4. The van der Waals surface area contributed by atoms with Gasteiger partial charge in [-0.05, 0) is 174 Å². The number of hydrogen-bond donors (Lipinski definition) is 15. The number of ketones is 3. The smallest absolute Gasteiger partial charge is 0.330 e. The van der Waals surface area contributed by atoms with Gasteiger partial charge in [-0.15, -0.1) is 0 Å². The number of carbonyl (C=O) groups excluding carboxylic acids is 5. The van der Waals surface area contributed by atoms with Crippen molar-refractivity contribution < 1.29 is 143 Å². The molecular formula is C82H130O29. The normalized spacial score (nSPS) is 40.0. The van der Waals surface area contributed by atoms with Crippen LogP contribution in [-0.4, -0.2) is 264 Å². The molecule has 1 aliphatic carbocycles. The topological polar surface area (TPSA) is 472 Å². The van der Waals surface area contributed by atoms with Crippen molar-refractivity contribution in [3.8, 4) is 0 Å². The average molecular weight is 1580 g/mol. The Morgan fingerprint density at radius 1 is 0.622 bits per heavy atom. The molecular weight excluding hydrogens is 1450 g/mol. The lowest BCUT2D eigenvalue weighted by atomic mass is 9.78. The molecule has 1 aromatic rings. The van der Waals surface area contributed by atoms with Crippen molar-refractivity contribution in [3.05, 3.63) is 70.8 Å². The summed E-state index contributed by atoms with van der Waals surface area (Å²) in [6.07, 6.45) is -18.7. The average Bonchev–Trinajstić information content (AvgIpc) is 0.800. The van der Waals surface area contributed by atoms with E-state index in [-0.39, 0.29) is 119 Å². The minimum absolute atomic E-state index is 0.0583. The Bertz CT molecular complexity index is 3200. The van der Waals surface area contributed by atoms with E-state index in [1.807, 2.05) is 6.92 Å². The highest BCUT2D eigenvalue weighted by atomic mass is 16.7. The monoisotopic (exact) mass is 1580 g/mol. The van der Waals surface area contributed by atoms with Crippen molar-refractivity contribution >= 4 is 29.3 Å². The van der Waals surface area contributed by atoms with E-state index in [0.29, 0.717) is 36.8 Å². The molecule has 7 rings (SSSR count). The number of allylic oxidation sites excluding steroid dienone is 2. The molecule has 29 heteroatoms. The van der Waals surface area contributed by atoms with Crippen LogP contribution in [0.1, 0.15) is 244 Å². The number of cyclic esters (lactones) is 1. The van der Waals surface area contributed by atoms with Crippen LogP contribution in [0.3, 0.4) is 0 Å². The molecule has 29 nitrogen and oxygen atoms in total. The second-order valence-corrected chi connectivity index (χ2v) is 33.2. The molecule has 15 N–H and O–H groups in total. The van der Waals surface area contributed by atoms with Crippen LogP contribution in [0.5, 0.6) is 0 Å². The summed E-state index contributed by atoms with van der Waals surface area (Å²) in [6.45, 7) is 19.8. The van der Waals surface area contributed by atoms with Crippen molar-refractivity contribution in [3.63, 3.8) is 0 Å². The fourth-order valence-corrected chi connectivity index (χ4v) is 16.5. The van der Waals surface area contributed by atoms with Crippen LogP contribution in [-0.2, 0) is 57.0 Å². The number of hydrogen-bond acceptors (Lipinski definition) is 29. The number of carbonyl (C=O) groups is 5. The van der Waals surface area contributed by atoms with E-state index in [1.165, 1.54) is 30.4 Å². The highest BCUT2D eigenvalue weighted by molar-refractivity contribution is 6.24. The number of ether oxygens (including phenoxy) is 9. The van der Waals surface area contributed by atoms with Gasteiger partial charge in [-0.2, -0.15) is 0 Å². The molecule has 0 spiro atoms. The van der Waals surface area contributed by atoms with Crippen LogP contribution in [0.25, 0.3) is 0 Å². The van der Waals surface area contributed by atoms with Crippen molar-refractivity contribution in [2.45, 2.75) is 376 Å². The molecule has 0 saturated carbocycles. The SMILES string of the molecule is CC[C@H](O[C@@H]1C[C@](C)(O)[C@H](O[C@H]2C[C@H](O)[C@H](OC(=O)[C@@H](C)[C@@H](O[C@@H]3CC[C@@H](O)[C@@H](C)O3)c3ccc4c(c3)C(=O)C=C(C)C4=O)[C@H](C)O2)[C@H](C)O1)[C@@H](C)[C@H](O)[C@@H](C)[C@H](O)[C@@H](C)[C@@H]1OC(=O)/C=C\C[C@H](O)C[C@H](O)CCC[C@@H](O)CC[C@@H](C)[C@H](O)C(=O)[C@@]2(O)C[C@@H](O)C[C@@H](C[C@@H](O)C[C@H](O)C[C@H](O)CCC[C@H](O)/C=C\[C@@H]1C)O2. The first kappa shape index (κ1) is 93.7. The predicted octanol–water partition coefficient (Wildman–Crippen LogP) is 4.76. The number of rotatable bonds is 17. The van der Waals surface area contributed by atoms with E-state index in [2.05, 4.69) is 0 Å². The summed E-state index contributed by atoms with van der Waals surface area (Å²) in [7, 11) is 0. The zero-order chi connectivity index (χ0) is 82.3. The van der Waals surface area contributed by atoms with Gasteiger partial charge in [0.15, 0.2) is 36.5 Å². The molecule has 0 radical (unpaired) electrons. The molecule has 6 aliphatic rings. The molecule has 4 saturated heterocycles. The quantitative estimate of drug-likeness (QED) is 0.0738. The second kappa shape index (κ2) is 42.6. The Labute approximate surface area is 652 Å². The van der Waals surface area contributed by atoms with E-state index in [9.17, 15) is 101 Å². The summed E-state index contributed by atoms with van der Waals surface area (Å²) in [6, 6.07) is 4.63. The van der Waals surface area contributed by atoms with Crippen LogP contribution in [0.15, 0.2) is 54.2 Å². The first-order chi connectivity index (χ1) is 52.1. The lowest BCUT2D eigenvalue weighted by Crippen LogP contribution is -2.59. The Morgan fingerprint density at radius 3 is 1.90 bits per heavy atom. The molecule has 33 atom stereocenters. The van der Waals surface area contributed by atoms with Crippen LogP contribution in [0.4, 0.5) is 0 Å². The van der Waals surface area contributed by atoms with Gasteiger partial charge in [0.05, 0.1) is 121 Å². The van der Waals surface area contributed by atoms with Gasteiger partial charge in [0.2, 0.25) is 11.6 Å². The molecule has 2 bridgehead atoms. The minimum atomic E-state index is -2.58. The molecule has 0 aromatic heterocycles. The van der Waals surface area contributed by atoms with Gasteiger partial charge >= 0.3 is 11.9 Å². The van der Waals surface area contributed by atoms with Crippen LogP contribution < -0.4 is 0 Å². The Hall–Kier alpha value is -4.49. The van der Waals surface area contributed by atoms with Gasteiger partial charge in [0.25, 0.3) is 0 Å². The van der Waals surface area contributed by atoms with Crippen LogP contribution in [0, 0.1) is 35.5 Å². The summed E-state index contributed by atoms with van der Waals surface area (Å²) < 4.78 is 55.7. The fraction of sp³-hybridized carbons (Fsp3) is 0.793. The van der Waals surface area contributed by atoms with E-state index >= 15 is 0 Å². The number of esters is 2. The molecule has 111 heavy (non-hydrogen) atoms. The molecule has 5 aliphatic heterocycles. The third kappa shape index (κ3) is 26.5. The van der Waals surface area contributed by atoms with Crippen molar-refractivity contribution in [1.82, 2.24) is 0 Å². The first-order valence-corrected chi connectivity index (χ1v) is 40.2. The zero-order valence-corrected chi connectivity index (χ0v) is 66.6. The van der Waals surface area contributed by atoms with Gasteiger partial charge < -0.3 is 119 Å². The highest BCUT2D eigenvalue weighted by Crippen LogP contribution is 2.41. The number of fused-ring (bicyclic) bond motifs is 3. The van der Waals surface area contributed by atoms with Crippen molar-refractivity contribution in [1.29, 1.82) is 0 Å². The van der Waals surface area contributed by atoms with Gasteiger partial charge in [-0.25, -0.2) is 4.79 Å². The van der Waals surface area contributed by atoms with Gasteiger partial charge in [-0.3, -0.25) is 19.2 Å². The summed E-state index contributed by atoms with van der Waals surface area (Å²) in [4.78, 5) is 67.6. The Kier molecular flexibility index (Phi) is 35.9. The van der Waals surface area contributed by atoms with E-state index in [1.54, 1.807) is 88.3 Å². The van der Waals surface area contributed by atoms with Crippen molar-refractivity contribution in [2.75, 3.05) is 0 Å². The summed E-state index contributed by atoms with van der Waals surface area (Å²) >= 11 is 0. The first-order valence-electron chi connectivity index (χ1n) is 40.2. The molecule has 4 fully saturated rings. The Morgan fingerprint density at radius 2 is 1.24 bits per heavy atom. The molecule has 0 amide bonds. The fourth-order valence-electron chi connectivity index (χ4n) is 16.5. The third-order valence-corrected chi connectivity index (χ3v) is 23.4. The molecule has 632 valence electrons. The van der Waals surface area contributed by atoms with Crippen LogP contribution >= 0.6 is 0 Å². The number of aliphatic hydroxyl groups is 15. The van der Waals surface area contributed by atoms with Gasteiger partial charge in [0, 0.05) is 72.1 Å². The van der Waals surface area contributed by atoms with Crippen LogP contribution in [0.2, 0.25) is 0 Å². The van der Waals surface area contributed by atoms with Gasteiger partial charge in [0.1, 0.15) is 18.3 Å². The number of benzene rings is 1. The minimum Gasteiger partial charge on any atom is -0.458 e. The zero-order valence-electron chi connectivity index (χ0n) is 66.6. The highest BCUT2D eigenvalue weighted by Gasteiger charge is 2.52. The predicted molar refractivity (Wildman–Crippen MR) is 400 cm³/mol. The maximum atomic E-state index is 14.2. The van der Waals surface area contributed by atoms with Gasteiger partial charge in [-0.1, -0.05) is 65.8 Å². The maximum Gasteiger partial charge on any atom is 0.330 e. The standard InChI is InChI=1S/C82H130O29/c1-13-66(106-70-40-81(12,101)79(50(11)105-70)109-69-38-65(93)77(49(10)104-69)110-80(100)47(8)76(108-68-30-29-63(91)48(9)103-68)51-25-28-61-62(32-51)64(92)31-43(4)71(61)95)44(5)73(97)45(6)74(98)46(7)75-42(3)24-27-53(84)18-15-20-56(87)34-57(88)35-58(89)36-60-37-59(90)39-82(102,111-60)78(99)72(96)41(2)23-26-52(83)17-14-19-54(85)33-55(86)21-16-22-67(94)107-75/h16,22,24-25,27-28,31-32,41-42,44-50,52-60,63,65-66,68-70,72-77,79,83-91,93,96-98,101-102H,13-15,17-21,23,26,29-30,33-40H2,1-12H3/b22-16-,27-24-/t41-,42+,44-,45-,46-,47+,48-,49+,50+,52-,53+,54-,55+,56-,57-,58+,59+,60-,63-,65+,66+,68-,69+,70-,72+,73+,74+,75-,76-,77-,79-,81+,82-/m1/s1. The Balaban J connectivity index is 0.951. The van der Waals surface area contributed by atoms with E-state index < -0.39 is 224 Å². The van der Waals surface area contributed by atoms with Crippen molar-refractivity contribution in [2.24, 2.45) is 35.5 Å². The molecule has 0 unspecified atom stereocenters. The lowest BCUT2D eigenvalue weighted by molar-refractivity contribution is -0.336. The molecule has 1 aromatic carbocycles. The van der Waals surface area contributed by atoms with E-state index in [0.717, 1.165) is 6.08 Å². The van der Waals surface area contributed by atoms with E-state index in [4.69, 9.17) is 42.6 Å². The summed E-state index contributed by atoms with van der Waals surface area (Å²) in [5.74, 6) is -10.9. The second-order valence-electron chi connectivity index (χ2n) is 33.2.